The summed E-state index contributed by atoms with van der Waals surface area (Å²) in [6.45, 7) is 2.77. The Morgan fingerprint density at radius 2 is 1.88 bits per heavy atom. The molecule has 0 atom stereocenters. The maximum absolute atomic E-state index is 12.1. The Morgan fingerprint density at radius 3 is 2.29 bits per heavy atom. The zero-order valence-electron chi connectivity index (χ0n) is 10.4. The fraction of sp³-hybridized carbons (Fsp3) is 0.833. The van der Waals surface area contributed by atoms with E-state index in [-0.39, 0.29) is 18.4 Å². The van der Waals surface area contributed by atoms with Crippen LogP contribution in [0.5, 0.6) is 0 Å². The molecule has 5 nitrogen and oxygen atoms in total. The normalized spacial score (nSPS) is 24.4. The van der Waals surface area contributed by atoms with E-state index in [9.17, 15) is 9.59 Å². The van der Waals surface area contributed by atoms with Crippen molar-refractivity contribution >= 4 is 11.9 Å². The van der Waals surface area contributed by atoms with Crippen LogP contribution in [0.1, 0.15) is 32.6 Å². The Morgan fingerprint density at radius 1 is 1.29 bits per heavy atom. The lowest BCUT2D eigenvalue weighted by Crippen LogP contribution is -2.41. The molecule has 0 radical (unpaired) electrons. The largest absolute Gasteiger partial charge is 0.480 e. The van der Waals surface area contributed by atoms with Gasteiger partial charge in [-0.05, 0) is 45.1 Å². The van der Waals surface area contributed by atoms with Gasteiger partial charge in [0.15, 0.2) is 0 Å². The van der Waals surface area contributed by atoms with Crippen molar-refractivity contribution in [2.75, 3.05) is 19.6 Å². The molecule has 1 aliphatic rings. The van der Waals surface area contributed by atoms with Crippen molar-refractivity contribution in [1.82, 2.24) is 4.90 Å². The van der Waals surface area contributed by atoms with Crippen molar-refractivity contribution < 1.29 is 14.7 Å². The second-order valence-corrected chi connectivity index (χ2v) is 4.70. The molecule has 1 rings (SSSR count). The number of carbonyl (C=O) groups excluding carboxylic acids is 1. The van der Waals surface area contributed by atoms with Crippen LogP contribution < -0.4 is 5.73 Å². The topological polar surface area (TPSA) is 83.6 Å². The van der Waals surface area contributed by atoms with E-state index in [1.54, 1.807) is 0 Å². The van der Waals surface area contributed by atoms with Gasteiger partial charge in [0.25, 0.3) is 0 Å². The Kier molecular flexibility index (Phi) is 5.41. The molecule has 17 heavy (non-hydrogen) atoms. The van der Waals surface area contributed by atoms with Gasteiger partial charge in [0.05, 0.1) is 0 Å². The lowest BCUT2D eigenvalue weighted by molar-refractivity contribution is -0.146. The highest BCUT2D eigenvalue weighted by Gasteiger charge is 2.29. The Bertz CT molecular complexity index is 273. The van der Waals surface area contributed by atoms with E-state index < -0.39 is 5.97 Å². The van der Waals surface area contributed by atoms with Crippen LogP contribution in [0.4, 0.5) is 0 Å². The van der Waals surface area contributed by atoms with E-state index in [1.165, 1.54) is 4.90 Å². The number of rotatable bonds is 5. The van der Waals surface area contributed by atoms with Gasteiger partial charge in [-0.25, -0.2) is 0 Å². The molecule has 0 aromatic heterocycles. The lowest BCUT2D eigenvalue weighted by Gasteiger charge is -2.30. The molecule has 0 unspecified atom stereocenters. The number of hydrogen-bond acceptors (Lipinski definition) is 3. The number of nitrogens with zero attached hydrogens (tertiary/aromatic N) is 1. The van der Waals surface area contributed by atoms with Gasteiger partial charge in [-0.2, -0.15) is 0 Å². The number of carbonyl (C=O) groups is 2. The van der Waals surface area contributed by atoms with E-state index in [1.807, 2.05) is 6.92 Å². The van der Waals surface area contributed by atoms with Crippen LogP contribution in [-0.2, 0) is 9.59 Å². The van der Waals surface area contributed by atoms with Gasteiger partial charge in [-0.15, -0.1) is 0 Å². The maximum atomic E-state index is 12.1. The summed E-state index contributed by atoms with van der Waals surface area (Å²) in [7, 11) is 0. The predicted molar refractivity (Wildman–Crippen MR) is 64.4 cm³/mol. The molecule has 98 valence electrons. The van der Waals surface area contributed by atoms with Crippen LogP contribution in [-0.4, -0.2) is 41.5 Å². The summed E-state index contributed by atoms with van der Waals surface area (Å²) >= 11 is 0. The number of amides is 1. The molecule has 0 aliphatic heterocycles. The summed E-state index contributed by atoms with van der Waals surface area (Å²) in [5, 5.41) is 8.73. The minimum Gasteiger partial charge on any atom is -0.480 e. The number of hydrogen-bond donors (Lipinski definition) is 2. The first-order valence-corrected chi connectivity index (χ1v) is 6.29. The fourth-order valence-electron chi connectivity index (χ4n) is 2.41. The number of carboxylic acid groups (broad SMARTS) is 1. The molecule has 0 aromatic carbocycles. The van der Waals surface area contributed by atoms with Gasteiger partial charge in [0, 0.05) is 12.5 Å². The molecule has 1 aliphatic carbocycles. The monoisotopic (exact) mass is 242 g/mol. The molecule has 1 saturated carbocycles. The van der Waals surface area contributed by atoms with Gasteiger partial charge in [0.2, 0.25) is 5.91 Å². The molecule has 0 bridgehead atoms. The standard InChI is InChI=1S/C12H22N2O3/c1-2-14(8-11(15)16)12(17)10-5-3-9(7-13)4-6-10/h9-10H,2-8,13H2,1H3,(H,15,16). The van der Waals surface area contributed by atoms with Crippen molar-refractivity contribution in [2.45, 2.75) is 32.6 Å². The molecule has 3 N–H and O–H groups in total. The minimum atomic E-state index is -0.948. The van der Waals surface area contributed by atoms with Crippen molar-refractivity contribution in [3.63, 3.8) is 0 Å². The van der Waals surface area contributed by atoms with Gasteiger partial charge in [-0.1, -0.05) is 0 Å². The molecule has 1 fully saturated rings. The summed E-state index contributed by atoms with van der Waals surface area (Å²) in [5.74, 6) is -0.424. The minimum absolute atomic E-state index is 0.00269. The van der Waals surface area contributed by atoms with Gasteiger partial charge < -0.3 is 15.7 Å². The average Bonchev–Trinajstić information content (AvgIpc) is 2.35. The first-order chi connectivity index (χ1) is 8.08. The molecule has 5 heteroatoms. The van der Waals surface area contributed by atoms with Gasteiger partial charge >= 0.3 is 5.97 Å². The van der Waals surface area contributed by atoms with Gasteiger partial charge in [-0.3, -0.25) is 9.59 Å². The van der Waals surface area contributed by atoms with E-state index in [0.29, 0.717) is 19.0 Å². The lowest BCUT2D eigenvalue weighted by atomic mass is 9.81. The molecule has 1 amide bonds. The number of nitrogens with two attached hydrogens (primary N) is 1. The summed E-state index contributed by atoms with van der Waals surface area (Å²) in [6.07, 6.45) is 3.66. The molecule has 0 spiro atoms. The Balaban J connectivity index is 2.48. The molecule has 0 aromatic rings. The van der Waals surface area contributed by atoms with Crippen LogP contribution in [0.2, 0.25) is 0 Å². The van der Waals surface area contributed by atoms with Crippen molar-refractivity contribution in [3.8, 4) is 0 Å². The van der Waals surface area contributed by atoms with Crippen LogP contribution in [0.15, 0.2) is 0 Å². The maximum Gasteiger partial charge on any atom is 0.323 e. The van der Waals surface area contributed by atoms with Gasteiger partial charge in [0.1, 0.15) is 6.54 Å². The molecule has 0 saturated heterocycles. The van der Waals surface area contributed by atoms with Crippen LogP contribution in [0.25, 0.3) is 0 Å². The predicted octanol–water partition coefficient (Wildman–Crippen LogP) is 0.685. The van der Waals surface area contributed by atoms with E-state index in [2.05, 4.69) is 0 Å². The molecular weight excluding hydrogens is 220 g/mol. The number of likely N-dealkylation sites (N-methyl/N-ethyl adjacent to an activating group) is 1. The van der Waals surface area contributed by atoms with Crippen LogP contribution >= 0.6 is 0 Å². The van der Waals surface area contributed by atoms with E-state index in [0.717, 1.165) is 25.7 Å². The Hall–Kier alpha value is -1.10. The molecule has 0 heterocycles. The third-order valence-electron chi connectivity index (χ3n) is 3.55. The van der Waals surface area contributed by atoms with E-state index in [4.69, 9.17) is 10.8 Å². The molecular formula is C12H22N2O3. The third kappa shape index (κ3) is 4.00. The summed E-state index contributed by atoms with van der Waals surface area (Å²) < 4.78 is 0. The van der Waals surface area contributed by atoms with Crippen LogP contribution in [0, 0.1) is 11.8 Å². The second kappa shape index (κ2) is 6.59. The number of carboxylic acids is 1. The SMILES string of the molecule is CCN(CC(=O)O)C(=O)C1CCC(CN)CC1. The fourth-order valence-corrected chi connectivity index (χ4v) is 2.41. The smallest absolute Gasteiger partial charge is 0.323 e. The zero-order chi connectivity index (χ0) is 12.8. The highest BCUT2D eigenvalue weighted by molar-refractivity contribution is 5.83. The summed E-state index contributed by atoms with van der Waals surface area (Å²) in [6, 6.07) is 0. The third-order valence-corrected chi connectivity index (χ3v) is 3.55. The summed E-state index contributed by atoms with van der Waals surface area (Å²) in [4.78, 5) is 24.2. The summed E-state index contributed by atoms with van der Waals surface area (Å²) in [5.41, 5.74) is 5.60. The van der Waals surface area contributed by atoms with Crippen molar-refractivity contribution in [2.24, 2.45) is 17.6 Å². The Labute approximate surface area is 102 Å². The first-order valence-electron chi connectivity index (χ1n) is 6.29. The van der Waals surface area contributed by atoms with Crippen molar-refractivity contribution in [1.29, 1.82) is 0 Å². The second-order valence-electron chi connectivity index (χ2n) is 4.70. The van der Waals surface area contributed by atoms with E-state index >= 15 is 0 Å². The quantitative estimate of drug-likeness (QED) is 0.742. The zero-order valence-corrected chi connectivity index (χ0v) is 10.4. The van der Waals surface area contributed by atoms with Crippen molar-refractivity contribution in [3.05, 3.63) is 0 Å². The first kappa shape index (κ1) is 14.0. The highest BCUT2D eigenvalue weighted by Crippen LogP contribution is 2.29. The van der Waals surface area contributed by atoms with Crippen LogP contribution in [0.3, 0.4) is 0 Å². The average molecular weight is 242 g/mol. The highest BCUT2D eigenvalue weighted by atomic mass is 16.4. The number of aliphatic carboxylic acids is 1.